The smallest absolute Gasteiger partial charge is 0.0640 e. The van der Waals surface area contributed by atoms with Crippen LogP contribution in [0.4, 0.5) is 5.69 Å². The maximum Gasteiger partial charge on any atom is 0.0640 e. The Bertz CT molecular complexity index is 419. The monoisotopic (exact) mass is 274 g/mol. The first kappa shape index (κ1) is 16.5. The van der Waals surface area contributed by atoms with E-state index < -0.39 is 0 Å². The standard InChI is InChI=1S/C16H26N4/c1-5-18-14(4)16-8-7-15(11-19-16)20(10-6-9-17)12-13(2)3/h7-8,11,13-14,18H,5-6,10,12H2,1-4H3. The number of aromatic nitrogens is 1. The summed E-state index contributed by atoms with van der Waals surface area (Å²) in [5.74, 6) is 0.564. The summed E-state index contributed by atoms with van der Waals surface area (Å²) in [6.45, 7) is 11.2. The Hall–Kier alpha value is -1.60. The van der Waals surface area contributed by atoms with Gasteiger partial charge in [-0.3, -0.25) is 4.98 Å². The fourth-order valence-electron chi connectivity index (χ4n) is 2.20. The third kappa shape index (κ3) is 5.18. The van der Waals surface area contributed by atoms with E-state index in [4.69, 9.17) is 5.26 Å². The van der Waals surface area contributed by atoms with Crippen LogP contribution in [0.1, 0.15) is 45.9 Å². The predicted octanol–water partition coefficient (Wildman–Crippen LogP) is 3.13. The summed E-state index contributed by atoms with van der Waals surface area (Å²) in [5.41, 5.74) is 2.15. The molecule has 0 aliphatic rings. The van der Waals surface area contributed by atoms with Crippen molar-refractivity contribution in [2.45, 2.75) is 40.2 Å². The molecular formula is C16H26N4. The lowest BCUT2D eigenvalue weighted by atomic mass is 10.1. The van der Waals surface area contributed by atoms with Gasteiger partial charge in [-0.2, -0.15) is 5.26 Å². The van der Waals surface area contributed by atoms with Gasteiger partial charge >= 0.3 is 0 Å². The Morgan fingerprint density at radius 1 is 1.35 bits per heavy atom. The lowest BCUT2D eigenvalue weighted by molar-refractivity contribution is 0.582. The maximum absolute atomic E-state index is 8.77. The number of nitriles is 1. The third-order valence-electron chi connectivity index (χ3n) is 3.17. The average Bonchev–Trinajstić information content (AvgIpc) is 2.43. The second-order valence-electron chi connectivity index (χ2n) is 5.47. The molecule has 1 atom stereocenters. The highest BCUT2D eigenvalue weighted by molar-refractivity contribution is 5.45. The molecular weight excluding hydrogens is 248 g/mol. The zero-order chi connectivity index (χ0) is 15.0. The van der Waals surface area contributed by atoms with E-state index in [1.165, 1.54) is 0 Å². The van der Waals surface area contributed by atoms with Crippen molar-refractivity contribution in [2.24, 2.45) is 5.92 Å². The molecule has 1 heterocycles. The van der Waals surface area contributed by atoms with Crippen molar-refractivity contribution in [3.63, 3.8) is 0 Å². The molecule has 0 saturated carbocycles. The fourth-order valence-corrected chi connectivity index (χ4v) is 2.20. The molecule has 1 aromatic heterocycles. The van der Waals surface area contributed by atoms with Gasteiger partial charge in [0.25, 0.3) is 0 Å². The molecule has 0 radical (unpaired) electrons. The van der Waals surface area contributed by atoms with Gasteiger partial charge < -0.3 is 10.2 Å². The molecule has 4 heteroatoms. The van der Waals surface area contributed by atoms with E-state index >= 15 is 0 Å². The quantitative estimate of drug-likeness (QED) is 0.791. The second-order valence-corrected chi connectivity index (χ2v) is 5.47. The van der Waals surface area contributed by atoms with Crippen molar-refractivity contribution < 1.29 is 0 Å². The topological polar surface area (TPSA) is 52.0 Å². The van der Waals surface area contributed by atoms with Crippen LogP contribution in [0, 0.1) is 17.2 Å². The van der Waals surface area contributed by atoms with E-state index in [2.05, 4.69) is 61.1 Å². The zero-order valence-electron chi connectivity index (χ0n) is 13.1. The number of pyridine rings is 1. The lowest BCUT2D eigenvalue weighted by Gasteiger charge is -2.26. The Balaban J connectivity index is 2.78. The summed E-state index contributed by atoms with van der Waals surface area (Å²) in [7, 11) is 0. The summed E-state index contributed by atoms with van der Waals surface area (Å²) in [5, 5.41) is 12.1. The molecule has 0 saturated heterocycles. The summed E-state index contributed by atoms with van der Waals surface area (Å²) >= 11 is 0. The van der Waals surface area contributed by atoms with Crippen molar-refractivity contribution in [3.05, 3.63) is 24.0 Å². The molecule has 4 nitrogen and oxygen atoms in total. The van der Waals surface area contributed by atoms with Gasteiger partial charge in [-0.15, -0.1) is 0 Å². The van der Waals surface area contributed by atoms with Crippen LogP contribution in [0.3, 0.4) is 0 Å². The molecule has 1 rings (SSSR count). The van der Waals surface area contributed by atoms with Gasteiger partial charge in [-0.1, -0.05) is 20.8 Å². The molecule has 0 amide bonds. The van der Waals surface area contributed by atoms with Crippen LogP contribution in [0.5, 0.6) is 0 Å². The zero-order valence-corrected chi connectivity index (χ0v) is 13.1. The molecule has 0 bridgehead atoms. The number of anilines is 1. The number of rotatable bonds is 8. The van der Waals surface area contributed by atoms with Gasteiger partial charge in [0.2, 0.25) is 0 Å². The third-order valence-corrected chi connectivity index (χ3v) is 3.17. The molecule has 0 aliphatic heterocycles. The summed E-state index contributed by atoms with van der Waals surface area (Å²) in [4.78, 5) is 6.79. The maximum atomic E-state index is 8.77. The largest absolute Gasteiger partial charge is 0.369 e. The number of nitrogens with one attached hydrogen (secondary N) is 1. The minimum Gasteiger partial charge on any atom is -0.369 e. The Morgan fingerprint density at radius 2 is 2.10 bits per heavy atom. The van der Waals surface area contributed by atoms with E-state index in [1.54, 1.807) is 0 Å². The van der Waals surface area contributed by atoms with E-state index in [9.17, 15) is 0 Å². The SMILES string of the molecule is CCNC(C)c1ccc(N(CCC#N)CC(C)C)cn1. The lowest BCUT2D eigenvalue weighted by Crippen LogP contribution is -2.28. The van der Waals surface area contributed by atoms with Crippen molar-refractivity contribution in [3.8, 4) is 6.07 Å². The van der Waals surface area contributed by atoms with Gasteiger partial charge in [0.15, 0.2) is 0 Å². The van der Waals surface area contributed by atoms with E-state index in [0.717, 1.165) is 31.0 Å². The summed E-state index contributed by atoms with van der Waals surface area (Å²) < 4.78 is 0. The first-order valence-electron chi connectivity index (χ1n) is 7.39. The summed E-state index contributed by atoms with van der Waals surface area (Å²) in [6, 6.07) is 6.66. The molecule has 0 fully saturated rings. The molecule has 0 aliphatic carbocycles. The van der Waals surface area contributed by atoms with Gasteiger partial charge in [0.1, 0.15) is 0 Å². The molecule has 20 heavy (non-hydrogen) atoms. The number of hydrogen-bond donors (Lipinski definition) is 1. The van der Waals surface area contributed by atoms with Crippen molar-refractivity contribution in [1.82, 2.24) is 10.3 Å². The number of nitrogens with zero attached hydrogens (tertiary/aromatic N) is 3. The highest BCUT2D eigenvalue weighted by Gasteiger charge is 2.10. The molecule has 0 spiro atoms. The summed E-state index contributed by atoms with van der Waals surface area (Å²) in [6.07, 6.45) is 2.46. The van der Waals surface area contributed by atoms with Crippen LogP contribution in [-0.2, 0) is 0 Å². The van der Waals surface area contributed by atoms with Crippen LogP contribution >= 0.6 is 0 Å². The predicted molar refractivity (Wildman–Crippen MR) is 83.6 cm³/mol. The molecule has 1 N–H and O–H groups in total. The first-order chi connectivity index (χ1) is 9.58. The average molecular weight is 274 g/mol. The van der Waals surface area contributed by atoms with Crippen LogP contribution < -0.4 is 10.2 Å². The van der Waals surface area contributed by atoms with Crippen LogP contribution in [0.15, 0.2) is 18.3 Å². The van der Waals surface area contributed by atoms with Crippen molar-refractivity contribution in [1.29, 1.82) is 5.26 Å². The van der Waals surface area contributed by atoms with E-state index in [1.807, 2.05) is 6.20 Å². The van der Waals surface area contributed by atoms with Gasteiger partial charge in [-0.25, -0.2) is 0 Å². The van der Waals surface area contributed by atoms with Crippen molar-refractivity contribution >= 4 is 5.69 Å². The van der Waals surface area contributed by atoms with Crippen LogP contribution in [-0.4, -0.2) is 24.6 Å². The van der Waals surface area contributed by atoms with Crippen molar-refractivity contribution in [2.75, 3.05) is 24.5 Å². The minimum absolute atomic E-state index is 0.270. The normalized spacial score (nSPS) is 12.2. The minimum atomic E-state index is 0.270. The van der Waals surface area contributed by atoms with Gasteiger partial charge in [-0.05, 0) is 31.5 Å². The van der Waals surface area contributed by atoms with Gasteiger partial charge in [0.05, 0.1) is 30.1 Å². The molecule has 1 aromatic rings. The highest BCUT2D eigenvalue weighted by Crippen LogP contribution is 2.18. The molecule has 0 aromatic carbocycles. The second kappa shape index (κ2) is 8.55. The number of hydrogen-bond acceptors (Lipinski definition) is 4. The first-order valence-corrected chi connectivity index (χ1v) is 7.39. The molecule has 110 valence electrons. The highest BCUT2D eigenvalue weighted by atomic mass is 15.1. The van der Waals surface area contributed by atoms with E-state index in [-0.39, 0.29) is 6.04 Å². The van der Waals surface area contributed by atoms with Crippen LogP contribution in [0.25, 0.3) is 0 Å². The van der Waals surface area contributed by atoms with Gasteiger partial charge in [0, 0.05) is 19.1 Å². The fraction of sp³-hybridized carbons (Fsp3) is 0.625. The Labute approximate surface area is 122 Å². The van der Waals surface area contributed by atoms with Crippen LogP contribution in [0.2, 0.25) is 0 Å². The molecule has 1 unspecified atom stereocenters. The Morgan fingerprint density at radius 3 is 2.60 bits per heavy atom. The van der Waals surface area contributed by atoms with E-state index in [0.29, 0.717) is 12.3 Å². The Kier molecular flexibility index (Phi) is 7.03.